The normalized spacial score (nSPS) is 10.2. The van der Waals surface area contributed by atoms with E-state index >= 15 is 0 Å². The molecule has 0 unspecified atom stereocenters. The number of carbonyl (C=O) groups excluding carboxylic acids is 1. The smallest absolute Gasteiger partial charge is 0.181 e. The van der Waals surface area contributed by atoms with Crippen LogP contribution in [-0.2, 0) is 6.42 Å². The lowest BCUT2D eigenvalue weighted by Crippen LogP contribution is -2.04. The van der Waals surface area contributed by atoms with E-state index in [9.17, 15) is 4.79 Å². The van der Waals surface area contributed by atoms with Crippen molar-refractivity contribution >= 4 is 5.78 Å². The fourth-order valence-electron chi connectivity index (χ4n) is 1.91. The van der Waals surface area contributed by atoms with Crippen molar-refractivity contribution in [1.82, 2.24) is 4.98 Å². The van der Waals surface area contributed by atoms with Crippen LogP contribution in [0.1, 0.15) is 29.4 Å². The van der Waals surface area contributed by atoms with Crippen molar-refractivity contribution < 1.29 is 9.53 Å². The van der Waals surface area contributed by atoms with Gasteiger partial charge in [-0.05, 0) is 37.1 Å². The fraction of sp³-hybridized carbons (Fsp3) is 0.250. The van der Waals surface area contributed by atoms with Gasteiger partial charge in [0.15, 0.2) is 5.78 Å². The highest BCUT2D eigenvalue weighted by Gasteiger charge is 2.09. The number of nitrogens with zero attached hydrogens (tertiary/aromatic N) is 1. The van der Waals surface area contributed by atoms with Gasteiger partial charge in [-0.1, -0.05) is 24.3 Å². The van der Waals surface area contributed by atoms with Crippen molar-refractivity contribution in [3.8, 4) is 5.75 Å². The van der Waals surface area contributed by atoms with E-state index in [0.717, 1.165) is 11.3 Å². The standard InChI is InChI=1S/C16H17NO2/c1-2-19-16-9-4-3-7-13(16)10-11-15(18)14-8-5-6-12-17-14/h3-9,12H,2,10-11H2,1H3. The highest BCUT2D eigenvalue weighted by Crippen LogP contribution is 2.20. The molecule has 0 saturated heterocycles. The number of rotatable bonds is 6. The second kappa shape index (κ2) is 6.69. The van der Waals surface area contributed by atoms with Crippen LogP contribution in [0.5, 0.6) is 5.75 Å². The fourth-order valence-corrected chi connectivity index (χ4v) is 1.91. The molecule has 0 N–H and O–H groups in total. The lowest BCUT2D eigenvalue weighted by molar-refractivity contribution is 0.0978. The molecule has 98 valence electrons. The van der Waals surface area contributed by atoms with Gasteiger partial charge in [0.05, 0.1) is 6.61 Å². The first-order valence-electron chi connectivity index (χ1n) is 6.46. The zero-order valence-electron chi connectivity index (χ0n) is 11.0. The molecule has 0 spiro atoms. The molecule has 0 saturated carbocycles. The Labute approximate surface area is 113 Å². The lowest BCUT2D eigenvalue weighted by Gasteiger charge is -2.09. The van der Waals surface area contributed by atoms with Crippen LogP contribution in [0.2, 0.25) is 0 Å². The van der Waals surface area contributed by atoms with Gasteiger partial charge in [0.25, 0.3) is 0 Å². The number of para-hydroxylation sites is 1. The van der Waals surface area contributed by atoms with Gasteiger partial charge in [-0.15, -0.1) is 0 Å². The highest BCUT2D eigenvalue weighted by molar-refractivity contribution is 5.94. The van der Waals surface area contributed by atoms with Crippen LogP contribution in [-0.4, -0.2) is 17.4 Å². The number of carbonyl (C=O) groups is 1. The third kappa shape index (κ3) is 3.65. The topological polar surface area (TPSA) is 39.2 Å². The number of aromatic nitrogens is 1. The Bertz CT molecular complexity index is 537. The second-order valence-corrected chi connectivity index (χ2v) is 4.18. The van der Waals surface area contributed by atoms with Crippen molar-refractivity contribution in [3.05, 3.63) is 59.9 Å². The molecule has 19 heavy (non-hydrogen) atoms. The van der Waals surface area contributed by atoms with Gasteiger partial charge in [-0.25, -0.2) is 0 Å². The zero-order valence-corrected chi connectivity index (χ0v) is 11.0. The van der Waals surface area contributed by atoms with Crippen molar-refractivity contribution in [2.24, 2.45) is 0 Å². The maximum absolute atomic E-state index is 12.0. The lowest BCUT2D eigenvalue weighted by atomic mass is 10.0. The SMILES string of the molecule is CCOc1ccccc1CCC(=O)c1ccccn1. The summed E-state index contributed by atoms with van der Waals surface area (Å²) in [7, 11) is 0. The third-order valence-corrected chi connectivity index (χ3v) is 2.84. The molecule has 1 aromatic carbocycles. The number of aryl methyl sites for hydroxylation is 1. The van der Waals surface area contributed by atoms with Crippen LogP contribution in [0.4, 0.5) is 0 Å². The summed E-state index contributed by atoms with van der Waals surface area (Å²) in [6.07, 6.45) is 2.76. The minimum absolute atomic E-state index is 0.0619. The first-order valence-corrected chi connectivity index (χ1v) is 6.46. The van der Waals surface area contributed by atoms with E-state index in [2.05, 4.69) is 4.98 Å². The molecular formula is C16H17NO2. The Morgan fingerprint density at radius 1 is 1.16 bits per heavy atom. The Hall–Kier alpha value is -2.16. The second-order valence-electron chi connectivity index (χ2n) is 4.18. The number of pyridine rings is 1. The average Bonchev–Trinajstić information content (AvgIpc) is 2.47. The van der Waals surface area contributed by atoms with Crippen LogP contribution in [0.3, 0.4) is 0 Å². The molecule has 0 bridgehead atoms. The maximum atomic E-state index is 12.0. The summed E-state index contributed by atoms with van der Waals surface area (Å²) in [5.41, 5.74) is 1.59. The predicted molar refractivity (Wildman–Crippen MR) is 74.5 cm³/mol. The average molecular weight is 255 g/mol. The Balaban J connectivity index is 2.01. The molecule has 0 radical (unpaired) electrons. The highest BCUT2D eigenvalue weighted by atomic mass is 16.5. The van der Waals surface area contributed by atoms with Crippen molar-refractivity contribution in [2.75, 3.05) is 6.61 Å². The monoisotopic (exact) mass is 255 g/mol. The molecule has 2 rings (SSSR count). The number of ketones is 1. The number of benzene rings is 1. The molecule has 0 aliphatic heterocycles. The number of hydrogen-bond acceptors (Lipinski definition) is 3. The maximum Gasteiger partial charge on any atom is 0.181 e. The van der Waals surface area contributed by atoms with Crippen molar-refractivity contribution in [2.45, 2.75) is 19.8 Å². The van der Waals surface area contributed by atoms with E-state index in [1.54, 1.807) is 18.3 Å². The Kier molecular flexibility index (Phi) is 4.67. The molecule has 1 heterocycles. The molecular weight excluding hydrogens is 238 g/mol. The molecule has 0 aliphatic carbocycles. The zero-order chi connectivity index (χ0) is 13.5. The third-order valence-electron chi connectivity index (χ3n) is 2.84. The van der Waals surface area contributed by atoms with Gasteiger partial charge in [-0.2, -0.15) is 0 Å². The van der Waals surface area contributed by atoms with Gasteiger partial charge < -0.3 is 4.74 Å². The molecule has 3 heteroatoms. The van der Waals surface area contributed by atoms with Crippen LogP contribution >= 0.6 is 0 Å². The summed E-state index contributed by atoms with van der Waals surface area (Å²) in [4.78, 5) is 16.1. The summed E-state index contributed by atoms with van der Waals surface area (Å²) in [5.74, 6) is 0.922. The van der Waals surface area contributed by atoms with Crippen LogP contribution in [0.25, 0.3) is 0 Å². The van der Waals surface area contributed by atoms with E-state index in [-0.39, 0.29) is 5.78 Å². The number of hydrogen-bond donors (Lipinski definition) is 0. The predicted octanol–water partition coefficient (Wildman–Crippen LogP) is 3.30. The van der Waals surface area contributed by atoms with E-state index in [0.29, 0.717) is 25.1 Å². The van der Waals surface area contributed by atoms with E-state index in [1.807, 2.05) is 37.3 Å². The molecule has 3 nitrogen and oxygen atoms in total. The largest absolute Gasteiger partial charge is 0.494 e. The summed E-state index contributed by atoms with van der Waals surface area (Å²) >= 11 is 0. The summed E-state index contributed by atoms with van der Waals surface area (Å²) in [6, 6.07) is 13.2. The van der Waals surface area contributed by atoms with E-state index < -0.39 is 0 Å². The van der Waals surface area contributed by atoms with E-state index in [4.69, 9.17) is 4.74 Å². The van der Waals surface area contributed by atoms with Crippen LogP contribution in [0.15, 0.2) is 48.7 Å². The minimum Gasteiger partial charge on any atom is -0.494 e. The van der Waals surface area contributed by atoms with Gasteiger partial charge >= 0.3 is 0 Å². The Morgan fingerprint density at radius 3 is 2.68 bits per heavy atom. The van der Waals surface area contributed by atoms with Crippen LogP contribution in [0, 0.1) is 0 Å². The van der Waals surface area contributed by atoms with Gasteiger partial charge in [0.1, 0.15) is 11.4 Å². The summed E-state index contributed by atoms with van der Waals surface area (Å²) in [5, 5.41) is 0. The molecule has 0 amide bonds. The van der Waals surface area contributed by atoms with E-state index in [1.165, 1.54) is 0 Å². The van der Waals surface area contributed by atoms with Crippen molar-refractivity contribution in [3.63, 3.8) is 0 Å². The molecule has 1 aromatic heterocycles. The minimum atomic E-state index is 0.0619. The number of Topliss-reactive ketones (excluding diaryl/α,β-unsaturated/α-hetero) is 1. The Morgan fingerprint density at radius 2 is 1.95 bits per heavy atom. The molecule has 0 atom stereocenters. The molecule has 0 aliphatic rings. The summed E-state index contributed by atoms with van der Waals surface area (Å²) in [6.45, 7) is 2.58. The van der Waals surface area contributed by atoms with Gasteiger partial charge in [0, 0.05) is 12.6 Å². The molecule has 2 aromatic rings. The quantitative estimate of drug-likeness (QED) is 0.743. The first-order chi connectivity index (χ1) is 9.31. The van der Waals surface area contributed by atoms with Gasteiger partial charge in [-0.3, -0.25) is 9.78 Å². The number of ether oxygens (including phenoxy) is 1. The van der Waals surface area contributed by atoms with Crippen molar-refractivity contribution in [1.29, 1.82) is 0 Å². The first kappa shape index (κ1) is 13.3. The van der Waals surface area contributed by atoms with Crippen LogP contribution < -0.4 is 4.74 Å². The summed E-state index contributed by atoms with van der Waals surface area (Å²) < 4.78 is 5.55. The van der Waals surface area contributed by atoms with Gasteiger partial charge in [0.2, 0.25) is 0 Å². The molecule has 0 fully saturated rings.